The minimum Gasteiger partial charge on any atom is -0.492 e. The zero-order valence-electron chi connectivity index (χ0n) is 12.1. The van der Waals surface area contributed by atoms with E-state index in [-0.39, 0.29) is 10.9 Å². The van der Waals surface area contributed by atoms with Crippen LogP contribution in [0.4, 0.5) is 0 Å². The number of hydrogen-bond acceptors (Lipinski definition) is 3. The molecule has 4 nitrogen and oxygen atoms in total. The molecule has 1 N–H and O–H groups in total. The van der Waals surface area contributed by atoms with Crippen LogP contribution in [0.3, 0.4) is 0 Å². The molecular formula is C14H22ClNO3S. The van der Waals surface area contributed by atoms with E-state index in [1.54, 1.807) is 6.07 Å². The number of hydrogen-bond donors (Lipinski definition) is 1. The third-order valence-corrected chi connectivity index (χ3v) is 4.84. The van der Waals surface area contributed by atoms with Crippen molar-refractivity contribution in [2.45, 2.75) is 51.0 Å². The summed E-state index contributed by atoms with van der Waals surface area (Å²) in [6.45, 7) is 6.33. The van der Waals surface area contributed by atoms with Gasteiger partial charge in [-0.3, -0.25) is 0 Å². The molecule has 0 radical (unpaired) electrons. The Morgan fingerprint density at radius 2 is 2.05 bits per heavy atom. The van der Waals surface area contributed by atoms with Crippen LogP contribution in [-0.4, -0.2) is 21.1 Å². The average molecular weight is 320 g/mol. The van der Waals surface area contributed by atoms with Crippen molar-refractivity contribution in [1.82, 2.24) is 4.72 Å². The number of nitrogens with one attached hydrogen (secondary N) is 1. The molecule has 0 bridgehead atoms. The van der Waals surface area contributed by atoms with Gasteiger partial charge in [-0.15, -0.1) is 0 Å². The zero-order chi connectivity index (χ0) is 15.2. The molecule has 1 unspecified atom stereocenters. The van der Waals surface area contributed by atoms with Crippen LogP contribution in [0.25, 0.3) is 0 Å². The predicted octanol–water partition coefficient (Wildman–Crippen LogP) is 3.60. The summed E-state index contributed by atoms with van der Waals surface area (Å²) in [4.78, 5) is 0.175. The van der Waals surface area contributed by atoms with E-state index in [0.717, 1.165) is 19.3 Å². The summed E-state index contributed by atoms with van der Waals surface area (Å²) in [7, 11) is -3.53. The van der Waals surface area contributed by atoms with Crippen LogP contribution in [0, 0.1) is 0 Å². The Morgan fingerprint density at radius 1 is 1.35 bits per heavy atom. The molecule has 0 heterocycles. The maximum atomic E-state index is 12.2. The Kier molecular flexibility index (Phi) is 6.79. The largest absolute Gasteiger partial charge is 0.492 e. The summed E-state index contributed by atoms with van der Waals surface area (Å²) in [6, 6.07) is 4.40. The van der Waals surface area contributed by atoms with Crippen molar-refractivity contribution in [3.63, 3.8) is 0 Å². The number of sulfonamides is 1. The Balaban J connectivity index is 2.93. The minimum atomic E-state index is -3.53. The molecule has 0 saturated heterocycles. The maximum absolute atomic E-state index is 12.2. The molecule has 0 fully saturated rings. The monoisotopic (exact) mass is 319 g/mol. The van der Waals surface area contributed by atoms with Crippen LogP contribution in [0.15, 0.2) is 23.1 Å². The fourth-order valence-corrected chi connectivity index (χ4v) is 3.02. The molecule has 0 aromatic heterocycles. The van der Waals surface area contributed by atoms with Gasteiger partial charge in [-0.1, -0.05) is 31.9 Å². The number of rotatable bonds is 8. The quantitative estimate of drug-likeness (QED) is 0.745. The number of halogens is 1. The van der Waals surface area contributed by atoms with E-state index in [4.69, 9.17) is 16.3 Å². The number of ether oxygens (including phenoxy) is 1. The van der Waals surface area contributed by atoms with E-state index >= 15 is 0 Å². The average Bonchev–Trinajstić information content (AvgIpc) is 2.40. The van der Waals surface area contributed by atoms with Gasteiger partial charge in [0.25, 0.3) is 0 Å². The van der Waals surface area contributed by atoms with Gasteiger partial charge >= 0.3 is 0 Å². The normalized spacial score (nSPS) is 13.2. The Hall–Kier alpha value is -0.780. The molecule has 20 heavy (non-hydrogen) atoms. The molecule has 0 spiro atoms. The van der Waals surface area contributed by atoms with Crippen molar-refractivity contribution in [3.05, 3.63) is 23.2 Å². The second-order valence-corrected chi connectivity index (χ2v) is 6.85. The molecular weight excluding hydrogens is 298 g/mol. The molecule has 0 amide bonds. The van der Waals surface area contributed by atoms with Gasteiger partial charge in [0.15, 0.2) is 0 Å². The van der Waals surface area contributed by atoms with Crippen molar-refractivity contribution >= 4 is 21.6 Å². The van der Waals surface area contributed by atoms with Crippen LogP contribution in [0.1, 0.15) is 40.0 Å². The summed E-state index contributed by atoms with van der Waals surface area (Å²) in [5.41, 5.74) is 0. The van der Waals surface area contributed by atoms with Crippen LogP contribution in [-0.2, 0) is 10.0 Å². The Labute approximate surface area is 126 Å². The molecule has 0 saturated carbocycles. The number of benzene rings is 1. The van der Waals surface area contributed by atoms with Gasteiger partial charge in [-0.25, -0.2) is 13.1 Å². The number of unbranched alkanes of at least 4 members (excludes halogenated alkanes) is 1. The fourth-order valence-electron chi connectivity index (χ4n) is 1.50. The molecule has 0 aliphatic carbocycles. The topological polar surface area (TPSA) is 55.4 Å². The summed E-state index contributed by atoms with van der Waals surface area (Å²) >= 11 is 6.02. The van der Waals surface area contributed by atoms with Crippen LogP contribution < -0.4 is 9.46 Å². The highest BCUT2D eigenvalue weighted by Gasteiger charge is 2.18. The second kappa shape index (κ2) is 7.86. The van der Waals surface area contributed by atoms with Gasteiger partial charge in [0.2, 0.25) is 10.0 Å². The van der Waals surface area contributed by atoms with Gasteiger partial charge in [-0.2, -0.15) is 0 Å². The highest BCUT2D eigenvalue weighted by atomic mass is 35.5. The van der Waals surface area contributed by atoms with Gasteiger partial charge in [-0.05, 0) is 31.9 Å². The van der Waals surface area contributed by atoms with Gasteiger partial charge < -0.3 is 4.74 Å². The molecule has 1 rings (SSSR count). The second-order valence-electron chi connectivity index (χ2n) is 4.72. The Bertz CT molecular complexity index is 531. The maximum Gasteiger partial charge on any atom is 0.240 e. The smallest absolute Gasteiger partial charge is 0.240 e. The van der Waals surface area contributed by atoms with Crippen LogP contribution >= 0.6 is 11.6 Å². The molecule has 1 atom stereocenters. The first-order valence-electron chi connectivity index (χ1n) is 6.85. The lowest BCUT2D eigenvalue weighted by Gasteiger charge is -2.14. The van der Waals surface area contributed by atoms with Crippen molar-refractivity contribution < 1.29 is 13.2 Å². The van der Waals surface area contributed by atoms with E-state index < -0.39 is 10.0 Å². The molecule has 114 valence electrons. The summed E-state index contributed by atoms with van der Waals surface area (Å²) in [5, 5.41) is 0.420. The Morgan fingerprint density at radius 3 is 2.65 bits per heavy atom. The van der Waals surface area contributed by atoms with Crippen molar-refractivity contribution in [2.75, 3.05) is 6.61 Å². The molecule has 0 aliphatic heterocycles. The van der Waals surface area contributed by atoms with Gasteiger partial charge in [0.1, 0.15) is 5.75 Å². The highest BCUT2D eigenvalue weighted by Crippen LogP contribution is 2.27. The first-order chi connectivity index (χ1) is 9.40. The molecule has 0 aliphatic rings. The summed E-state index contributed by atoms with van der Waals surface area (Å²) in [5.74, 6) is 0.409. The first-order valence-corrected chi connectivity index (χ1v) is 8.71. The summed E-state index contributed by atoms with van der Waals surface area (Å²) in [6.07, 6.45) is 2.64. The molecule has 1 aromatic rings. The predicted molar refractivity (Wildman–Crippen MR) is 81.9 cm³/mol. The van der Waals surface area contributed by atoms with Gasteiger partial charge in [0, 0.05) is 12.1 Å². The van der Waals surface area contributed by atoms with Crippen molar-refractivity contribution in [2.24, 2.45) is 0 Å². The minimum absolute atomic E-state index is 0.111. The van der Waals surface area contributed by atoms with E-state index in [1.165, 1.54) is 12.1 Å². The SMILES string of the molecule is CCCCOc1cc(S(=O)(=O)NC(C)CC)ccc1Cl. The lowest BCUT2D eigenvalue weighted by atomic mass is 10.3. The van der Waals surface area contributed by atoms with E-state index in [2.05, 4.69) is 11.6 Å². The van der Waals surface area contributed by atoms with E-state index in [1.807, 2.05) is 13.8 Å². The van der Waals surface area contributed by atoms with Crippen molar-refractivity contribution in [3.8, 4) is 5.75 Å². The lowest BCUT2D eigenvalue weighted by Crippen LogP contribution is -2.32. The highest BCUT2D eigenvalue weighted by molar-refractivity contribution is 7.89. The van der Waals surface area contributed by atoms with Crippen LogP contribution in [0.5, 0.6) is 5.75 Å². The van der Waals surface area contributed by atoms with E-state index in [0.29, 0.717) is 17.4 Å². The van der Waals surface area contributed by atoms with Crippen LogP contribution in [0.2, 0.25) is 5.02 Å². The molecule has 1 aromatic carbocycles. The standard InChI is InChI=1S/C14H22ClNO3S/c1-4-6-9-19-14-10-12(7-8-13(14)15)20(17,18)16-11(3)5-2/h7-8,10-11,16H,4-6,9H2,1-3H3. The molecule has 6 heteroatoms. The van der Waals surface area contributed by atoms with Gasteiger partial charge in [0.05, 0.1) is 16.5 Å². The third kappa shape index (κ3) is 4.96. The summed E-state index contributed by atoms with van der Waals surface area (Å²) < 4.78 is 32.5. The zero-order valence-corrected chi connectivity index (χ0v) is 13.7. The third-order valence-electron chi connectivity index (χ3n) is 2.94. The van der Waals surface area contributed by atoms with E-state index in [9.17, 15) is 8.42 Å². The lowest BCUT2D eigenvalue weighted by molar-refractivity contribution is 0.309. The fraction of sp³-hybridized carbons (Fsp3) is 0.571. The van der Waals surface area contributed by atoms with Crippen molar-refractivity contribution in [1.29, 1.82) is 0 Å². The first kappa shape index (κ1) is 17.3.